The van der Waals surface area contributed by atoms with E-state index in [0.29, 0.717) is 0 Å². The van der Waals surface area contributed by atoms with Crippen LogP contribution in [-0.4, -0.2) is 29.4 Å². The Kier molecular flexibility index (Phi) is 3.28. The van der Waals surface area contributed by atoms with Crippen molar-refractivity contribution in [2.75, 3.05) is 13.1 Å². The lowest BCUT2D eigenvalue weighted by molar-refractivity contribution is -0.124. The van der Waals surface area contributed by atoms with E-state index in [1.807, 2.05) is 11.0 Å². The molecule has 1 aromatic carbocycles. The first-order chi connectivity index (χ1) is 9.55. The van der Waals surface area contributed by atoms with Gasteiger partial charge < -0.3 is 10.2 Å². The van der Waals surface area contributed by atoms with Crippen molar-refractivity contribution in [1.29, 1.82) is 0 Å². The number of nitrogens with one attached hydrogen (secondary N) is 1. The van der Waals surface area contributed by atoms with Crippen LogP contribution in [0.4, 0.5) is 0 Å². The molecule has 106 valence electrons. The summed E-state index contributed by atoms with van der Waals surface area (Å²) in [5.41, 5.74) is 3.44. The molecule has 1 N–H and O–H groups in total. The molecule has 0 atom stereocenters. The van der Waals surface area contributed by atoms with Gasteiger partial charge in [-0.1, -0.05) is 24.3 Å². The van der Waals surface area contributed by atoms with Crippen LogP contribution in [0.2, 0.25) is 0 Å². The fraction of sp³-hybridized carbons (Fsp3) is 0.471. The zero-order chi connectivity index (χ0) is 14.2. The number of amides is 1. The smallest absolute Gasteiger partial charge is 0.248 e. The van der Waals surface area contributed by atoms with E-state index in [-0.39, 0.29) is 11.4 Å². The number of rotatable bonds is 1. The molecule has 0 aliphatic carbocycles. The Hall–Kier alpha value is -1.77. The summed E-state index contributed by atoms with van der Waals surface area (Å²) in [7, 11) is 0. The third-order valence-corrected chi connectivity index (χ3v) is 4.10. The normalized spacial score (nSPS) is 22.5. The molecule has 0 spiro atoms. The summed E-state index contributed by atoms with van der Waals surface area (Å²) in [5.74, 6) is 0.137. The highest BCUT2D eigenvalue weighted by atomic mass is 16.2. The molecule has 0 bridgehead atoms. The minimum absolute atomic E-state index is 0.00846. The van der Waals surface area contributed by atoms with E-state index in [0.717, 1.165) is 38.0 Å². The SMILES string of the molecule is CC1(C)Cc2ccccc2C(=CC(=O)N2CCCC2)N1. The maximum Gasteiger partial charge on any atom is 0.248 e. The summed E-state index contributed by atoms with van der Waals surface area (Å²) < 4.78 is 0. The molecule has 1 fully saturated rings. The number of carbonyl (C=O) groups excluding carboxylic acids is 1. The van der Waals surface area contributed by atoms with Crippen LogP contribution in [-0.2, 0) is 11.2 Å². The van der Waals surface area contributed by atoms with Gasteiger partial charge in [-0.05, 0) is 38.7 Å². The maximum atomic E-state index is 12.3. The van der Waals surface area contributed by atoms with Gasteiger partial charge in [0.25, 0.3) is 0 Å². The third kappa shape index (κ3) is 2.58. The number of hydrogen-bond acceptors (Lipinski definition) is 2. The van der Waals surface area contributed by atoms with Gasteiger partial charge in [0.05, 0.1) is 0 Å². The lowest BCUT2D eigenvalue weighted by atomic mass is 9.86. The minimum atomic E-state index is -0.00846. The van der Waals surface area contributed by atoms with Crippen molar-refractivity contribution in [2.45, 2.75) is 38.6 Å². The predicted molar refractivity (Wildman–Crippen MR) is 81.2 cm³/mol. The molecule has 0 saturated carbocycles. The van der Waals surface area contributed by atoms with E-state index in [4.69, 9.17) is 0 Å². The van der Waals surface area contributed by atoms with Gasteiger partial charge in [-0.25, -0.2) is 0 Å². The van der Waals surface area contributed by atoms with E-state index >= 15 is 0 Å². The molecule has 2 heterocycles. The van der Waals surface area contributed by atoms with Gasteiger partial charge in [0.2, 0.25) is 5.91 Å². The summed E-state index contributed by atoms with van der Waals surface area (Å²) in [5, 5.41) is 3.52. The molecule has 2 aliphatic heterocycles. The molecule has 0 radical (unpaired) electrons. The summed E-state index contributed by atoms with van der Waals surface area (Å²) in [4.78, 5) is 14.3. The first-order valence-electron chi connectivity index (χ1n) is 7.42. The Bertz CT molecular complexity index is 554. The molecule has 0 aromatic heterocycles. The molecular formula is C17H22N2O. The highest BCUT2D eigenvalue weighted by molar-refractivity contribution is 5.95. The summed E-state index contributed by atoms with van der Waals surface area (Å²) >= 11 is 0. The van der Waals surface area contributed by atoms with E-state index in [1.54, 1.807) is 6.08 Å². The summed E-state index contributed by atoms with van der Waals surface area (Å²) in [6.07, 6.45) is 5.03. The molecule has 3 nitrogen and oxygen atoms in total. The van der Waals surface area contributed by atoms with Gasteiger partial charge in [-0.2, -0.15) is 0 Å². The lowest BCUT2D eigenvalue weighted by Crippen LogP contribution is -2.44. The fourth-order valence-corrected chi connectivity index (χ4v) is 3.16. The van der Waals surface area contributed by atoms with Crippen LogP contribution >= 0.6 is 0 Å². The monoisotopic (exact) mass is 270 g/mol. The van der Waals surface area contributed by atoms with Crippen molar-refractivity contribution in [3.05, 3.63) is 41.5 Å². The second-order valence-electron chi connectivity index (χ2n) is 6.43. The highest BCUT2D eigenvalue weighted by Crippen LogP contribution is 2.29. The van der Waals surface area contributed by atoms with Gasteiger partial charge in [-0.15, -0.1) is 0 Å². The number of likely N-dealkylation sites (tertiary alicyclic amines) is 1. The quantitative estimate of drug-likeness (QED) is 0.796. The molecule has 1 aromatic rings. The Morgan fingerprint density at radius 2 is 1.95 bits per heavy atom. The number of fused-ring (bicyclic) bond motifs is 1. The average molecular weight is 270 g/mol. The van der Waals surface area contributed by atoms with Crippen molar-refractivity contribution in [2.24, 2.45) is 0 Å². The molecule has 2 aliphatic rings. The molecule has 1 amide bonds. The first kappa shape index (κ1) is 13.2. The van der Waals surface area contributed by atoms with E-state index in [1.165, 1.54) is 11.1 Å². The van der Waals surface area contributed by atoms with Gasteiger partial charge in [0.1, 0.15) is 0 Å². The highest BCUT2D eigenvalue weighted by Gasteiger charge is 2.28. The number of hydrogen-bond donors (Lipinski definition) is 1. The number of carbonyl (C=O) groups is 1. The largest absolute Gasteiger partial charge is 0.379 e. The molecule has 0 unspecified atom stereocenters. The van der Waals surface area contributed by atoms with Crippen molar-refractivity contribution < 1.29 is 4.79 Å². The van der Waals surface area contributed by atoms with Crippen LogP contribution in [0.3, 0.4) is 0 Å². The predicted octanol–water partition coefficient (Wildman–Crippen LogP) is 2.57. The topological polar surface area (TPSA) is 32.3 Å². The Morgan fingerprint density at radius 1 is 1.25 bits per heavy atom. The summed E-state index contributed by atoms with van der Waals surface area (Å²) in [6, 6.07) is 8.36. The van der Waals surface area contributed by atoms with Crippen LogP contribution in [0.1, 0.15) is 37.8 Å². The molecule has 20 heavy (non-hydrogen) atoms. The van der Waals surface area contributed by atoms with Gasteiger partial charge in [0, 0.05) is 36.0 Å². The average Bonchev–Trinajstić information content (AvgIpc) is 2.91. The number of nitrogens with zero attached hydrogens (tertiary/aromatic N) is 1. The zero-order valence-corrected chi connectivity index (χ0v) is 12.3. The lowest BCUT2D eigenvalue weighted by Gasteiger charge is -2.35. The van der Waals surface area contributed by atoms with E-state index in [9.17, 15) is 4.79 Å². The molecule has 3 rings (SSSR count). The fourth-order valence-electron chi connectivity index (χ4n) is 3.16. The van der Waals surface area contributed by atoms with Gasteiger partial charge in [0.15, 0.2) is 0 Å². The van der Waals surface area contributed by atoms with Gasteiger partial charge >= 0.3 is 0 Å². The van der Waals surface area contributed by atoms with Crippen LogP contribution in [0.5, 0.6) is 0 Å². The van der Waals surface area contributed by atoms with Crippen molar-refractivity contribution >= 4 is 11.6 Å². The Balaban J connectivity index is 1.93. The maximum absolute atomic E-state index is 12.3. The Labute approximate surface area is 120 Å². The Morgan fingerprint density at radius 3 is 2.70 bits per heavy atom. The zero-order valence-electron chi connectivity index (χ0n) is 12.3. The van der Waals surface area contributed by atoms with Crippen molar-refractivity contribution in [1.82, 2.24) is 10.2 Å². The molecular weight excluding hydrogens is 248 g/mol. The van der Waals surface area contributed by atoms with Crippen molar-refractivity contribution in [3.63, 3.8) is 0 Å². The second-order valence-corrected chi connectivity index (χ2v) is 6.43. The summed E-state index contributed by atoms with van der Waals surface area (Å²) in [6.45, 7) is 6.15. The molecule has 3 heteroatoms. The molecule has 1 saturated heterocycles. The van der Waals surface area contributed by atoms with Crippen molar-refractivity contribution in [3.8, 4) is 0 Å². The van der Waals surface area contributed by atoms with Crippen LogP contribution in [0.25, 0.3) is 5.70 Å². The van der Waals surface area contributed by atoms with E-state index < -0.39 is 0 Å². The van der Waals surface area contributed by atoms with Crippen LogP contribution < -0.4 is 5.32 Å². The second kappa shape index (κ2) is 4.97. The van der Waals surface area contributed by atoms with E-state index in [2.05, 4.69) is 37.4 Å². The van der Waals surface area contributed by atoms with Crippen LogP contribution in [0.15, 0.2) is 30.3 Å². The van der Waals surface area contributed by atoms with Gasteiger partial charge in [-0.3, -0.25) is 4.79 Å². The number of benzene rings is 1. The third-order valence-electron chi connectivity index (χ3n) is 4.10. The minimum Gasteiger partial charge on any atom is -0.379 e. The van der Waals surface area contributed by atoms with Crippen LogP contribution in [0, 0.1) is 0 Å². The first-order valence-corrected chi connectivity index (χ1v) is 7.42. The standard InChI is InChI=1S/C17H22N2O/c1-17(2)12-13-7-3-4-8-14(13)15(18-17)11-16(20)19-9-5-6-10-19/h3-4,7-8,11,18H,5-6,9-10,12H2,1-2H3.